The molecule has 0 aliphatic carbocycles. The van der Waals surface area contributed by atoms with Crippen molar-refractivity contribution in [1.29, 1.82) is 0 Å². The number of aromatic amines is 2. The Labute approximate surface area is 133 Å². The Morgan fingerprint density at radius 1 is 1.27 bits per heavy atom. The molecule has 1 aromatic heterocycles. The fraction of sp³-hybridized carbons (Fsp3) is 0.400. The molecule has 1 fully saturated rings. The quantitative estimate of drug-likeness (QED) is 0.853. The first-order valence-corrected chi connectivity index (χ1v) is 7.73. The number of piperidine rings is 1. The molecule has 6 nitrogen and oxygen atoms in total. The highest BCUT2D eigenvalue weighted by Crippen LogP contribution is 2.25. The molecule has 1 aliphatic heterocycles. The Hall–Kier alpha value is -2.15. The molecule has 3 rings (SSSR count). The third-order valence-electron chi connectivity index (χ3n) is 3.86. The van der Waals surface area contributed by atoms with E-state index in [1.54, 1.807) is 4.90 Å². The van der Waals surface area contributed by atoms with Gasteiger partial charge in [0.2, 0.25) is 4.77 Å². The van der Waals surface area contributed by atoms with Gasteiger partial charge in [-0.3, -0.25) is 10.2 Å². The summed E-state index contributed by atoms with van der Waals surface area (Å²) >= 11 is 4.97. The molecule has 2 N–H and O–H groups in total. The number of nitrogens with zero attached hydrogens (tertiary/aromatic N) is 2. The first-order chi connectivity index (χ1) is 10.7. The Bertz CT molecular complexity index is 674. The van der Waals surface area contributed by atoms with Crippen molar-refractivity contribution in [3.8, 4) is 0 Å². The van der Waals surface area contributed by atoms with E-state index in [1.165, 1.54) is 0 Å². The van der Waals surface area contributed by atoms with Crippen LogP contribution in [0.4, 0.5) is 4.79 Å². The molecule has 1 saturated heterocycles. The van der Waals surface area contributed by atoms with Crippen molar-refractivity contribution in [3.05, 3.63) is 46.5 Å². The second-order valence-electron chi connectivity index (χ2n) is 5.35. The Balaban J connectivity index is 1.48. The van der Waals surface area contributed by atoms with Crippen molar-refractivity contribution in [3.63, 3.8) is 0 Å². The lowest BCUT2D eigenvalue weighted by Gasteiger charge is -2.30. The number of ether oxygens (including phenoxy) is 1. The minimum atomic E-state index is -0.253. The van der Waals surface area contributed by atoms with Crippen LogP contribution in [0.25, 0.3) is 0 Å². The van der Waals surface area contributed by atoms with Gasteiger partial charge in [-0.25, -0.2) is 9.78 Å². The minimum absolute atomic E-state index is 0.253. The maximum absolute atomic E-state index is 12.1. The van der Waals surface area contributed by atoms with Crippen molar-refractivity contribution < 1.29 is 9.53 Å². The molecule has 116 valence electrons. The number of carbonyl (C=O) groups excluding carboxylic acids is 1. The first-order valence-electron chi connectivity index (χ1n) is 7.32. The summed E-state index contributed by atoms with van der Waals surface area (Å²) in [5, 5.41) is 5.80. The fourth-order valence-corrected chi connectivity index (χ4v) is 2.77. The highest BCUT2D eigenvalue weighted by Gasteiger charge is 2.26. The van der Waals surface area contributed by atoms with Crippen molar-refractivity contribution in [2.75, 3.05) is 13.1 Å². The number of amides is 1. The minimum Gasteiger partial charge on any atom is -0.445 e. The van der Waals surface area contributed by atoms with Crippen LogP contribution in [0.15, 0.2) is 30.3 Å². The maximum Gasteiger partial charge on any atom is 0.410 e. The van der Waals surface area contributed by atoms with Gasteiger partial charge in [-0.05, 0) is 30.6 Å². The molecular weight excluding hydrogens is 300 g/mol. The van der Waals surface area contributed by atoms with E-state index in [9.17, 15) is 4.79 Å². The van der Waals surface area contributed by atoms with Crippen molar-refractivity contribution in [1.82, 2.24) is 20.1 Å². The van der Waals surface area contributed by atoms with E-state index in [0.29, 0.717) is 30.4 Å². The summed E-state index contributed by atoms with van der Waals surface area (Å²) in [5.74, 6) is 1.19. The van der Waals surface area contributed by atoms with Gasteiger partial charge in [-0.15, -0.1) is 0 Å². The standard InChI is InChI=1S/C15H18N4O2S/c20-15(21-10-11-4-2-1-3-5-11)19-8-6-12(7-9-19)13-16-14(22)18-17-13/h1-5,12H,6-10H2,(H2,16,17,18,22). The number of carbonyl (C=O) groups is 1. The number of nitrogens with one attached hydrogen (secondary N) is 2. The van der Waals surface area contributed by atoms with E-state index in [1.807, 2.05) is 30.3 Å². The number of H-pyrrole nitrogens is 2. The van der Waals surface area contributed by atoms with Crippen LogP contribution in [0.3, 0.4) is 0 Å². The van der Waals surface area contributed by atoms with Crippen LogP contribution >= 0.6 is 12.2 Å². The predicted molar refractivity (Wildman–Crippen MR) is 83.9 cm³/mol. The van der Waals surface area contributed by atoms with Crippen molar-refractivity contribution in [2.24, 2.45) is 0 Å². The molecule has 0 radical (unpaired) electrons. The zero-order valence-electron chi connectivity index (χ0n) is 12.1. The summed E-state index contributed by atoms with van der Waals surface area (Å²) < 4.78 is 5.83. The molecule has 0 saturated carbocycles. The number of benzene rings is 1. The molecule has 0 spiro atoms. The zero-order chi connectivity index (χ0) is 15.4. The highest BCUT2D eigenvalue weighted by atomic mass is 32.1. The average molecular weight is 318 g/mol. The normalized spacial score (nSPS) is 15.7. The fourth-order valence-electron chi connectivity index (χ4n) is 2.62. The van der Waals surface area contributed by atoms with Crippen LogP contribution in [0, 0.1) is 4.77 Å². The lowest BCUT2D eigenvalue weighted by atomic mass is 9.96. The van der Waals surface area contributed by atoms with E-state index in [-0.39, 0.29) is 6.09 Å². The predicted octanol–water partition coefficient (Wildman–Crippen LogP) is 2.98. The van der Waals surface area contributed by atoms with Crippen LogP contribution in [0.2, 0.25) is 0 Å². The Kier molecular flexibility index (Phi) is 4.53. The molecule has 0 bridgehead atoms. The monoisotopic (exact) mass is 318 g/mol. The molecule has 0 unspecified atom stereocenters. The van der Waals surface area contributed by atoms with Gasteiger partial charge in [0, 0.05) is 19.0 Å². The summed E-state index contributed by atoms with van der Waals surface area (Å²) in [5.41, 5.74) is 0.995. The van der Waals surface area contributed by atoms with E-state index in [0.717, 1.165) is 24.2 Å². The van der Waals surface area contributed by atoms with E-state index >= 15 is 0 Å². The van der Waals surface area contributed by atoms with Crippen LogP contribution < -0.4 is 0 Å². The lowest BCUT2D eigenvalue weighted by Crippen LogP contribution is -2.38. The molecule has 22 heavy (non-hydrogen) atoms. The second-order valence-corrected chi connectivity index (χ2v) is 5.74. The molecular formula is C15H18N4O2S. The summed E-state index contributed by atoms with van der Waals surface area (Å²) in [6, 6.07) is 9.69. The van der Waals surface area contributed by atoms with Crippen LogP contribution in [0.1, 0.15) is 30.1 Å². The van der Waals surface area contributed by atoms with Crippen molar-refractivity contribution in [2.45, 2.75) is 25.4 Å². The number of hydrogen-bond donors (Lipinski definition) is 2. The van der Waals surface area contributed by atoms with Crippen LogP contribution in [-0.2, 0) is 11.3 Å². The largest absolute Gasteiger partial charge is 0.445 e. The molecule has 1 amide bonds. The Morgan fingerprint density at radius 2 is 2.00 bits per heavy atom. The van der Waals surface area contributed by atoms with Crippen LogP contribution in [-0.4, -0.2) is 39.3 Å². The first kappa shape index (κ1) is 14.8. The van der Waals surface area contributed by atoms with E-state index < -0.39 is 0 Å². The van der Waals surface area contributed by atoms with Crippen molar-refractivity contribution >= 4 is 18.3 Å². The smallest absolute Gasteiger partial charge is 0.410 e. The summed E-state index contributed by atoms with van der Waals surface area (Å²) in [7, 11) is 0. The lowest BCUT2D eigenvalue weighted by molar-refractivity contribution is 0.0866. The van der Waals surface area contributed by atoms with Gasteiger partial charge < -0.3 is 9.64 Å². The molecule has 2 aromatic rings. The number of rotatable bonds is 3. The highest BCUT2D eigenvalue weighted by molar-refractivity contribution is 7.71. The molecule has 1 aromatic carbocycles. The van der Waals surface area contributed by atoms with Gasteiger partial charge in [0.1, 0.15) is 12.4 Å². The Morgan fingerprint density at radius 3 is 2.64 bits per heavy atom. The zero-order valence-corrected chi connectivity index (χ0v) is 12.9. The summed E-state index contributed by atoms with van der Waals surface area (Å²) in [6.07, 6.45) is 1.46. The molecule has 1 aliphatic rings. The van der Waals surface area contributed by atoms with Gasteiger partial charge in [-0.1, -0.05) is 30.3 Å². The van der Waals surface area contributed by atoms with Gasteiger partial charge in [0.15, 0.2) is 0 Å². The molecule has 7 heteroatoms. The van der Waals surface area contributed by atoms with E-state index in [4.69, 9.17) is 17.0 Å². The SMILES string of the molecule is O=C(OCc1ccccc1)N1CCC(c2nc(=S)[nH][nH]2)CC1. The van der Waals surface area contributed by atoms with Gasteiger partial charge in [0.25, 0.3) is 0 Å². The summed E-state index contributed by atoms with van der Waals surface area (Å²) in [4.78, 5) is 18.1. The average Bonchev–Trinajstić information content (AvgIpc) is 3.00. The molecule has 2 heterocycles. The maximum atomic E-state index is 12.1. The topological polar surface area (TPSA) is 74.0 Å². The van der Waals surface area contributed by atoms with Gasteiger partial charge in [0.05, 0.1) is 0 Å². The number of hydrogen-bond acceptors (Lipinski definition) is 4. The van der Waals surface area contributed by atoms with Crippen LogP contribution in [0.5, 0.6) is 0 Å². The second kappa shape index (κ2) is 6.74. The third kappa shape index (κ3) is 3.54. The molecule has 0 atom stereocenters. The summed E-state index contributed by atoms with van der Waals surface area (Å²) in [6.45, 7) is 1.66. The van der Waals surface area contributed by atoms with Gasteiger partial charge >= 0.3 is 6.09 Å². The van der Waals surface area contributed by atoms with E-state index in [2.05, 4.69) is 15.2 Å². The third-order valence-corrected chi connectivity index (χ3v) is 4.06. The van der Waals surface area contributed by atoms with Gasteiger partial charge in [-0.2, -0.15) is 0 Å². The number of likely N-dealkylation sites (tertiary alicyclic amines) is 1. The number of aromatic nitrogens is 3.